The van der Waals surface area contributed by atoms with Crippen LogP contribution in [0.1, 0.15) is 8.35 Å². The zero-order valence-corrected chi connectivity index (χ0v) is 10.4. The average Bonchev–Trinajstić information content (AvgIpc) is 2.06. The maximum absolute atomic E-state index is 11.2. The summed E-state index contributed by atoms with van der Waals surface area (Å²) in [5, 5.41) is 0. The molecule has 68 valence electrons. The number of hydrogen-bond donors (Lipinski definition) is 0. The maximum atomic E-state index is 11.2. The Morgan fingerprint density at radius 2 is 2.00 bits per heavy atom. The summed E-state index contributed by atoms with van der Waals surface area (Å²) in [5.41, 5.74) is 0. The first-order valence-electron chi connectivity index (χ1n) is 3.46. The molecule has 0 unspecified atom stereocenters. The molecule has 4 nitrogen and oxygen atoms in total. The van der Waals surface area contributed by atoms with E-state index in [1.54, 1.807) is 6.92 Å². The molecule has 0 fully saturated rings. The third-order valence-corrected chi connectivity index (χ3v) is 2.61. The minimum Gasteiger partial charge on any atom is -1.00 e. The van der Waals surface area contributed by atoms with E-state index >= 15 is 0 Å². The largest absolute Gasteiger partial charge is 1.00 e. The van der Waals surface area contributed by atoms with Crippen molar-refractivity contribution in [3.05, 3.63) is 24.5 Å². The molecule has 1 rings (SSSR count). The van der Waals surface area contributed by atoms with Crippen molar-refractivity contribution >= 4 is 10.1 Å². The van der Waals surface area contributed by atoms with Crippen molar-refractivity contribution in [2.75, 3.05) is 6.61 Å². The zero-order valence-electron chi connectivity index (χ0n) is 8.60. The van der Waals surface area contributed by atoms with Gasteiger partial charge in [0.25, 0.3) is 10.1 Å². The minimum absolute atomic E-state index is 0. The monoisotopic (exact) mass is 211 g/mol. The van der Waals surface area contributed by atoms with E-state index in [0.29, 0.717) is 0 Å². The van der Waals surface area contributed by atoms with Crippen LogP contribution in [0.15, 0.2) is 29.4 Å². The second kappa shape index (κ2) is 5.72. The van der Waals surface area contributed by atoms with Crippen molar-refractivity contribution in [1.29, 1.82) is 0 Å². The summed E-state index contributed by atoms with van der Waals surface area (Å²) in [6.07, 6.45) is 2.82. The van der Waals surface area contributed by atoms with Crippen LogP contribution in [-0.4, -0.2) is 20.0 Å². The molecule has 0 N–H and O–H groups in total. The Morgan fingerprint density at radius 1 is 1.46 bits per heavy atom. The average molecular weight is 211 g/mol. The van der Waals surface area contributed by atoms with Gasteiger partial charge in [0.05, 0.1) is 11.5 Å². The molecule has 0 aromatic carbocycles. The van der Waals surface area contributed by atoms with Crippen molar-refractivity contribution in [2.45, 2.75) is 11.8 Å². The Hall–Kier alpha value is 0.0600. The minimum atomic E-state index is -3.55. The topological polar surface area (TPSA) is 56.3 Å². The van der Waals surface area contributed by atoms with Crippen molar-refractivity contribution in [2.24, 2.45) is 0 Å². The van der Waals surface area contributed by atoms with E-state index in [4.69, 9.17) is 0 Å². The van der Waals surface area contributed by atoms with Crippen molar-refractivity contribution in [1.82, 2.24) is 4.98 Å². The molecule has 13 heavy (non-hydrogen) atoms. The predicted octanol–water partition coefficient (Wildman–Crippen LogP) is -2.08. The van der Waals surface area contributed by atoms with E-state index in [0.717, 1.165) is 0 Å². The van der Waals surface area contributed by atoms with Crippen molar-refractivity contribution in [3.63, 3.8) is 0 Å². The predicted molar refractivity (Wildman–Crippen MR) is 44.2 cm³/mol. The Balaban J connectivity index is 0. The van der Waals surface area contributed by atoms with Crippen LogP contribution in [0.25, 0.3) is 0 Å². The fraction of sp³-hybridized carbons (Fsp3) is 0.286. The van der Waals surface area contributed by atoms with Crippen LogP contribution in [0.4, 0.5) is 0 Å². The number of hydrogen-bond acceptors (Lipinski definition) is 4. The van der Waals surface area contributed by atoms with Gasteiger partial charge in [0, 0.05) is 12.4 Å². The number of rotatable bonds is 3. The van der Waals surface area contributed by atoms with Gasteiger partial charge < -0.3 is 1.43 Å². The molecule has 0 bridgehead atoms. The van der Waals surface area contributed by atoms with Crippen LogP contribution in [0, 0.1) is 0 Å². The first-order chi connectivity index (χ1) is 5.67. The van der Waals surface area contributed by atoms with E-state index in [1.165, 1.54) is 24.5 Å². The smallest absolute Gasteiger partial charge is 1.00 e. The van der Waals surface area contributed by atoms with Gasteiger partial charge in [0.1, 0.15) is 0 Å². The second-order valence-electron chi connectivity index (χ2n) is 2.04. The fourth-order valence-corrected chi connectivity index (χ4v) is 1.63. The van der Waals surface area contributed by atoms with Gasteiger partial charge >= 0.3 is 29.6 Å². The molecule has 1 heterocycles. The summed E-state index contributed by atoms with van der Waals surface area (Å²) in [4.78, 5) is 3.84. The molecular formula is C7H10NNaO3S. The van der Waals surface area contributed by atoms with Gasteiger partial charge in [-0.2, -0.15) is 8.42 Å². The van der Waals surface area contributed by atoms with Crippen LogP contribution in [0.3, 0.4) is 0 Å². The molecule has 0 aliphatic carbocycles. The van der Waals surface area contributed by atoms with Crippen LogP contribution >= 0.6 is 0 Å². The molecule has 0 amide bonds. The SMILES string of the molecule is CCOS(=O)(=O)c1ccncc1.[H-].[Na+]. The number of pyridine rings is 1. The first kappa shape index (κ1) is 13.1. The quantitative estimate of drug-likeness (QED) is 0.425. The third kappa shape index (κ3) is 3.74. The van der Waals surface area contributed by atoms with Gasteiger partial charge in [0.2, 0.25) is 0 Å². The van der Waals surface area contributed by atoms with E-state index < -0.39 is 10.1 Å². The summed E-state index contributed by atoms with van der Waals surface area (Å²) in [6.45, 7) is 1.77. The molecule has 0 atom stereocenters. The van der Waals surface area contributed by atoms with Crippen LogP contribution in [0.5, 0.6) is 0 Å². The fourth-order valence-electron chi connectivity index (χ4n) is 0.728. The number of nitrogens with zero attached hydrogens (tertiary/aromatic N) is 1. The number of aromatic nitrogens is 1. The second-order valence-corrected chi connectivity index (χ2v) is 3.66. The Labute approximate surface area is 101 Å². The van der Waals surface area contributed by atoms with E-state index in [2.05, 4.69) is 9.17 Å². The van der Waals surface area contributed by atoms with Crippen molar-refractivity contribution in [3.8, 4) is 0 Å². The van der Waals surface area contributed by atoms with Gasteiger partial charge in [-0.25, -0.2) is 0 Å². The summed E-state index contributed by atoms with van der Waals surface area (Å²) in [5.74, 6) is 0. The molecule has 0 aliphatic rings. The van der Waals surface area contributed by atoms with Gasteiger partial charge in [0.15, 0.2) is 0 Å². The van der Waals surface area contributed by atoms with E-state index in [9.17, 15) is 8.42 Å². The van der Waals surface area contributed by atoms with E-state index in [-0.39, 0.29) is 42.5 Å². The zero-order chi connectivity index (χ0) is 9.03. The molecule has 0 radical (unpaired) electrons. The van der Waals surface area contributed by atoms with Gasteiger partial charge in [-0.3, -0.25) is 9.17 Å². The summed E-state index contributed by atoms with van der Waals surface area (Å²) in [6, 6.07) is 2.79. The molecule has 6 heteroatoms. The molecule has 0 aliphatic heterocycles. The first-order valence-corrected chi connectivity index (χ1v) is 4.87. The summed E-state index contributed by atoms with van der Waals surface area (Å²) >= 11 is 0. The molecule has 0 saturated heterocycles. The summed E-state index contributed by atoms with van der Waals surface area (Å²) < 4.78 is 26.9. The molecule has 1 aromatic heterocycles. The van der Waals surface area contributed by atoms with Gasteiger partial charge in [-0.15, -0.1) is 0 Å². The van der Waals surface area contributed by atoms with E-state index in [1.807, 2.05) is 0 Å². The van der Waals surface area contributed by atoms with Crippen LogP contribution < -0.4 is 29.6 Å². The Kier molecular flexibility index (Phi) is 5.75. The molecular weight excluding hydrogens is 201 g/mol. The van der Waals surface area contributed by atoms with Crippen LogP contribution in [0.2, 0.25) is 0 Å². The molecule has 0 spiro atoms. The molecule has 0 saturated carbocycles. The summed E-state index contributed by atoms with van der Waals surface area (Å²) in [7, 11) is -3.55. The van der Waals surface area contributed by atoms with Gasteiger partial charge in [-0.1, -0.05) is 0 Å². The Bertz CT molecular complexity index is 343. The molecule has 1 aromatic rings. The maximum Gasteiger partial charge on any atom is 1.00 e. The normalized spacial score (nSPS) is 10.5. The third-order valence-electron chi connectivity index (χ3n) is 1.21. The van der Waals surface area contributed by atoms with Crippen LogP contribution in [-0.2, 0) is 14.3 Å². The van der Waals surface area contributed by atoms with Gasteiger partial charge in [-0.05, 0) is 19.1 Å². The van der Waals surface area contributed by atoms with Crippen molar-refractivity contribution < 1.29 is 43.6 Å². The Morgan fingerprint density at radius 3 is 2.46 bits per heavy atom. The standard InChI is InChI=1S/C7H9NO3S.Na.H/c1-2-11-12(9,10)7-3-5-8-6-4-7;;/h3-6H,2H2,1H3;;/q;+1;-1.